The predicted molar refractivity (Wildman–Crippen MR) is 100 cm³/mol. The second-order valence-electron chi connectivity index (χ2n) is 6.39. The number of hydrogen-bond acceptors (Lipinski definition) is 5. The largest absolute Gasteiger partial charge is 0.480 e. The SMILES string of the molecule is CN(C)c1cc(C(=O)NC2(C(=O)O)CCSCC2)nc2ccccc12. The second kappa shape index (κ2) is 6.92. The van der Waals surface area contributed by atoms with Crippen molar-refractivity contribution in [2.24, 2.45) is 0 Å². The van der Waals surface area contributed by atoms with Gasteiger partial charge < -0.3 is 15.3 Å². The van der Waals surface area contributed by atoms with E-state index in [1.807, 2.05) is 43.3 Å². The predicted octanol–water partition coefficient (Wildman–Crippen LogP) is 2.38. The van der Waals surface area contributed by atoms with Crippen molar-refractivity contribution in [2.75, 3.05) is 30.5 Å². The summed E-state index contributed by atoms with van der Waals surface area (Å²) < 4.78 is 0. The minimum Gasteiger partial charge on any atom is -0.480 e. The molecule has 1 amide bonds. The van der Waals surface area contributed by atoms with Gasteiger partial charge >= 0.3 is 5.97 Å². The fraction of sp³-hybridized carbons (Fsp3) is 0.389. The zero-order valence-corrected chi connectivity index (χ0v) is 15.1. The minimum absolute atomic E-state index is 0.237. The van der Waals surface area contributed by atoms with E-state index in [1.165, 1.54) is 0 Å². The second-order valence-corrected chi connectivity index (χ2v) is 7.62. The number of carboxylic acid groups (broad SMARTS) is 1. The van der Waals surface area contributed by atoms with Crippen LogP contribution in [0, 0.1) is 0 Å². The van der Waals surface area contributed by atoms with Gasteiger partial charge in [0.1, 0.15) is 11.2 Å². The van der Waals surface area contributed by atoms with Crippen molar-refractivity contribution in [3.05, 3.63) is 36.0 Å². The number of para-hydroxylation sites is 1. The van der Waals surface area contributed by atoms with Crippen molar-refractivity contribution < 1.29 is 14.7 Å². The quantitative estimate of drug-likeness (QED) is 0.872. The van der Waals surface area contributed by atoms with Crippen molar-refractivity contribution in [1.82, 2.24) is 10.3 Å². The first-order chi connectivity index (χ1) is 11.9. The lowest BCUT2D eigenvalue weighted by Crippen LogP contribution is -2.56. The number of thioether (sulfide) groups is 1. The highest BCUT2D eigenvalue weighted by Gasteiger charge is 2.41. The number of aliphatic carboxylic acids is 1. The summed E-state index contributed by atoms with van der Waals surface area (Å²) in [5.41, 5.74) is 0.622. The van der Waals surface area contributed by atoms with Crippen LogP contribution in [-0.4, -0.2) is 53.1 Å². The Kier molecular flexibility index (Phi) is 4.85. The van der Waals surface area contributed by atoms with Gasteiger partial charge in [0, 0.05) is 25.2 Å². The first-order valence-corrected chi connectivity index (χ1v) is 9.29. The normalized spacial score (nSPS) is 16.4. The van der Waals surface area contributed by atoms with Crippen molar-refractivity contribution in [1.29, 1.82) is 0 Å². The summed E-state index contributed by atoms with van der Waals surface area (Å²) >= 11 is 1.71. The Hall–Kier alpha value is -2.28. The van der Waals surface area contributed by atoms with Crippen molar-refractivity contribution in [3.8, 4) is 0 Å². The molecule has 2 aromatic rings. The summed E-state index contributed by atoms with van der Waals surface area (Å²) in [6.45, 7) is 0. The lowest BCUT2D eigenvalue weighted by atomic mass is 9.92. The van der Waals surface area contributed by atoms with Crippen LogP contribution in [0.2, 0.25) is 0 Å². The molecule has 6 nitrogen and oxygen atoms in total. The van der Waals surface area contributed by atoms with E-state index < -0.39 is 17.4 Å². The van der Waals surface area contributed by atoms with Crippen LogP contribution in [0.1, 0.15) is 23.3 Å². The number of pyridine rings is 1. The van der Waals surface area contributed by atoms with E-state index >= 15 is 0 Å². The average Bonchev–Trinajstić information content (AvgIpc) is 2.61. The highest BCUT2D eigenvalue weighted by molar-refractivity contribution is 7.99. The molecule has 1 aliphatic rings. The van der Waals surface area contributed by atoms with E-state index in [-0.39, 0.29) is 5.69 Å². The van der Waals surface area contributed by atoms with Gasteiger partial charge in [-0.2, -0.15) is 11.8 Å². The van der Waals surface area contributed by atoms with Crippen LogP contribution in [-0.2, 0) is 4.79 Å². The van der Waals surface area contributed by atoms with Gasteiger partial charge in [-0.25, -0.2) is 9.78 Å². The third-order valence-corrected chi connectivity index (χ3v) is 5.50. The number of aromatic nitrogens is 1. The van der Waals surface area contributed by atoms with Gasteiger partial charge in [0.15, 0.2) is 0 Å². The molecule has 0 saturated carbocycles. The van der Waals surface area contributed by atoms with E-state index in [0.717, 1.165) is 22.6 Å². The molecule has 1 fully saturated rings. The van der Waals surface area contributed by atoms with Crippen LogP contribution in [0.5, 0.6) is 0 Å². The number of nitrogens with one attached hydrogen (secondary N) is 1. The topological polar surface area (TPSA) is 82.5 Å². The highest BCUT2D eigenvalue weighted by atomic mass is 32.2. The smallest absolute Gasteiger partial charge is 0.329 e. The maximum Gasteiger partial charge on any atom is 0.329 e. The van der Waals surface area contributed by atoms with Crippen LogP contribution < -0.4 is 10.2 Å². The van der Waals surface area contributed by atoms with E-state index in [4.69, 9.17) is 0 Å². The Morgan fingerprint density at radius 1 is 1.24 bits per heavy atom. The van der Waals surface area contributed by atoms with Gasteiger partial charge in [0.25, 0.3) is 5.91 Å². The zero-order chi connectivity index (χ0) is 18.0. The van der Waals surface area contributed by atoms with Gasteiger partial charge in [-0.3, -0.25) is 4.79 Å². The van der Waals surface area contributed by atoms with Crippen molar-refractivity contribution >= 4 is 40.2 Å². The fourth-order valence-electron chi connectivity index (χ4n) is 3.04. The third-order valence-electron chi connectivity index (χ3n) is 4.52. The maximum absolute atomic E-state index is 12.8. The van der Waals surface area contributed by atoms with Gasteiger partial charge in [-0.1, -0.05) is 18.2 Å². The summed E-state index contributed by atoms with van der Waals surface area (Å²) in [6.07, 6.45) is 0.847. The first kappa shape index (κ1) is 17.5. The van der Waals surface area contributed by atoms with E-state index in [0.29, 0.717) is 18.4 Å². The molecule has 0 radical (unpaired) electrons. The van der Waals surface area contributed by atoms with Crippen LogP contribution in [0.3, 0.4) is 0 Å². The van der Waals surface area contributed by atoms with Gasteiger partial charge in [-0.05, 0) is 36.5 Å². The Balaban J connectivity index is 1.98. The number of carbonyl (C=O) groups excluding carboxylic acids is 1. The monoisotopic (exact) mass is 359 g/mol. The van der Waals surface area contributed by atoms with Crippen LogP contribution in [0.25, 0.3) is 10.9 Å². The Bertz CT molecular complexity index is 816. The molecule has 0 bridgehead atoms. The molecule has 3 rings (SSSR count). The average molecular weight is 359 g/mol. The molecule has 7 heteroatoms. The number of benzene rings is 1. The van der Waals surface area contributed by atoms with Crippen LogP contribution in [0.4, 0.5) is 5.69 Å². The Morgan fingerprint density at radius 2 is 1.92 bits per heavy atom. The first-order valence-electron chi connectivity index (χ1n) is 8.14. The lowest BCUT2D eigenvalue weighted by molar-refractivity contribution is -0.144. The number of carboxylic acids is 1. The molecule has 0 aliphatic carbocycles. The summed E-state index contributed by atoms with van der Waals surface area (Å²) in [4.78, 5) is 30.9. The van der Waals surface area contributed by atoms with Crippen molar-refractivity contribution in [3.63, 3.8) is 0 Å². The molecular formula is C18H21N3O3S. The molecule has 0 unspecified atom stereocenters. The summed E-state index contributed by atoms with van der Waals surface area (Å²) in [7, 11) is 3.81. The lowest BCUT2D eigenvalue weighted by Gasteiger charge is -2.33. The van der Waals surface area contributed by atoms with Gasteiger partial charge in [0.2, 0.25) is 0 Å². The molecular weight excluding hydrogens is 338 g/mol. The number of anilines is 1. The summed E-state index contributed by atoms with van der Waals surface area (Å²) in [6, 6.07) is 9.31. The van der Waals surface area contributed by atoms with E-state index in [2.05, 4.69) is 10.3 Å². The zero-order valence-electron chi connectivity index (χ0n) is 14.3. The molecule has 1 saturated heterocycles. The third kappa shape index (κ3) is 3.42. The highest BCUT2D eigenvalue weighted by Crippen LogP contribution is 2.29. The molecule has 132 valence electrons. The molecule has 1 aromatic heterocycles. The number of rotatable bonds is 4. The Morgan fingerprint density at radius 3 is 2.56 bits per heavy atom. The standard InChI is InChI=1S/C18H21N3O3S/c1-21(2)15-11-14(19-13-6-4-3-5-12(13)15)16(22)20-18(17(23)24)7-9-25-10-8-18/h3-6,11H,7-10H2,1-2H3,(H,20,22)(H,23,24). The number of fused-ring (bicyclic) bond motifs is 1. The molecule has 1 aliphatic heterocycles. The minimum atomic E-state index is -1.20. The van der Waals surface area contributed by atoms with Crippen LogP contribution in [0.15, 0.2) is 30.3 Å². The molecule has 2 N–H and O–H groups in total. The number of amides is 1. The maximum atomic E-state index is 12.8. The fourth-order valence-corrected chi connectivity index (χ4v) is 4.23. The van der Waals surface area contributed by atoms with Gasteiger partial charge in [0.05, 0.1) is 5.52 Å². The number of carbonyl (C=O) groups is 2. The molecule has 1 aromatic carbocycles. The molecule has 0 spiro atoms. The Labute approximate surface area is 150 Å². The summed E-state index contributed by atoms with van der Waals surface area (Å²) in [5.74, 6) is 0.0272. The van der Waals surface area contributed by atoms with E-state index in [9.17, 15) is 14.7 Å². The molecule has 2 heterocycles. The summed E-state index contributed by atoms with van der Waals surface area (Å²) in [5, 5.41) is 13.3. The molecule has 25 heavy (non-hydrogen) atoms. The van der Waals surface area contributed by atoms with E-state index in [1.54, 1.807) is 17.8 Å². The van der Waals surface area contributed by atoms with Crippen LogP contribution >= 0.6 is 11.8 Å². The number of hydrogen-bond donors (Lipinski definition) is 2. The van der Waals surface area contributed by atoms with Gasteiger partial charge in [-0.15, -0.1) is 0 Å². The number of nitrogens with zero attached hydrogens (tertiary/aromatic N) is 2. The van der Waals surface area contributed by atoms with Crippen molar-refractivity contribution in [2.45, 2.75) is 18.4 Å². The molecule has 0 atom stereocenters.